The lowest BCUT2D eigenvalue weighted by atomic mass is 10.1. The Bertz CT molecular complexity index is 824. The monoisotopic (exact) mass is 369 g/mol. The number of nitrogens with one attached hydrogen (secondary N) is 1. The average Bonchev–Trinajstić information content (AvgIpc) is 2.63. The summed E-state index contributed by atoms with van der Waals surface area (Å²) >= 11 is 0. The van der Waals surface area contributed by atoms with Gasteiger partial charge in [0.15, 0.2) is 5.82 Å². The predicted molar refractivity (Wildman–Crippen MR) is 107 cm³/mol. The average molecular weight is 369 g/mol. The van der Waals surface area contributed by atoms with Gasteiger partial charge in [-0.15, -0.1) is 0 Å². The lowest BCUT2D eigenvalue weighted by Gasteiger charge is -2.36. The molecule has 0 spiro atoms. The first-order valence-electron chi connectivity index (χ1n) is 9.16. The third kappa shape index (κ3) is 4.30. The van der Waals surface area contributed by atoms with Crippen LogP contribution < -0.4 is 15.0 Å². The zero-order valence-corrected chi connectivity index (χ0v) is 16.7. The van der Waals surface area contributed by atoms with Gasteiger partial charge in [-0.2, -0.15) is 0 Å². The third-order valence-electron chi connectivity index (χ3n) is 4.83. The van der Waals surface area contributed by atoms with E-state index >= 15 is 0 Å². The molecule has 3 rings (SSSR count). The van der Waals surface area contributed by atoms with Gasteiger partial charge in [-0.05, 0) is 51.0 Å². The summed E-state index contributed by atoms with van der Waals surface area (Å²) < 4.78 is 5.25. The Labute approximate surface area is 160 Å². The molecule has 1 saturated heterocycles. The van der Waals surface area contributed by atoms with Gasteiger partial charge < -0.3 is 14.5 Å². The minimum absolute atomic E-state index is 0.175. The molecule has 1 aliphatic rings. The van der Waals surface area contributed by atoms with E-state index in [4.69, 9.17) is 4.74 Å². The lowest BCUT2D eigenvalue weighted by Crippen LogP contribution is -2.50. The van der Waals surface area contributed by atoms with E-state index < -0.39 is 0 Å². The maximum atomic E-state index is 12.7. The summed E-state index contributed by atoms with van der Waals surface area (Å²) in [5.74, 6) is 0.697. The molecule has 0 saturated carbocycles. The maximum Gasteiger partial charge on any atom is 0.323 e. The van der Waals surface area contributed by atoms with Crippen LogP contribution in [0.2, 0.25) is 0 Å². The summed E-state index contributed by atoms with van der Waals surface area (Å²) in [5.41, 5.74) is 5.28. The molecule has 7 nitrogen and oxygen atoms in total. The number of aryl methyl sites for hydroxylation is 4. The number of carbonyl (C=O) groups excluding carboxylic acids is 1. The van der Waals surface area contributed by atoms with Crippen molar-refractivity contribution in [3.05, 3.63) is 40.7 Å². The van der Waals surface area contributed by atoms with Crippen molar-refractivity contribution >= 4 is 17.5 Å². The highest BCUT2D eigenvalue weighted by atomic mass is 16.5. The molecule has 27 heavy (non-hydrogen) atoms. The number of anilines is 2. The molecule has 0 bridgehead atoms. The predicted octanol–water partition coefficient (Wildman–Crippen LogP) is 3.07. The largest absolute Gasteiger partial charge is 0.478 e. The van der Waals surface area contributed by atoms with Crippen molar-refractivity contribution in [2.24, 2.45) is 0 Å². The molecule has 2 aromatic rings. The van der Waals surface area contributed by atoms with E-state index in [-0.39, 0.29) is 6.03 Å². The molecule has 1 fully saturated rings. The normalized spacial score (nSPS) is 14.3. The summed E-state index contributed by atoms with van der Waals surface area (Å²) in [7, 11) is 1.52. The van der Waals surface area contributed by atoms with Gasteiger partial charge in [0.1, 0.15) is 0 Å². The maximum absolute atomic E-state index is 12.7. The minimum Gasteiger partial charge on any atom is -0.478 e. The molecular weight excluding hydrogens is 342 g/mol. The highest BCUT2D eigenvalue weighted by Crippen LogP contribution is 2.23. The second-order valence-corrected chi connectivity index (χ2v) is 7.00. The van der Waals surface area contributed by atoms with Crippen LogP contribution >= 0.6 is 0 Å². The Morgan fingerprint density at radius 3 is 2.15 bits per heavy atom. The van der Waals surface area contributed by atoms with Crippen molar-refractivity contribution in [1.29, 1.82) is 0 Å². The summed E-state index contributed by atoms with van der Waals surface area (Å²) in [6, 6.07) is 6.38. The molecule has 2 amide bonds. The van der Waals surface area contributed by atoms with Crippen LogP contribution in [-0.2, 0) is 0 Å². The molecule has 1 aromatic carbocycles. The fourth-order valence-electron chi connectivity index (χ4n) is 3.29. The molecule has 0 aliphatic carbocycles. The van der Waals surface area contributed by atoms with E-state index in [9.17, 15) is 4.79 Å². The van der Waals surface area contributed by atoms with Crippen LogP contribution in [0.15, 0.2) is 18.2 Å². The number of rotatable bonds is 3. The molecule has 0 atom stereocenters. The molecule has 2 heterocycles. The fourth-order valence-corrected chi connectivity index (χ4v) is 3.29. The van der Waals surface area contributed by atoms with Crippen LogP contribution in [0.3, 0.4) is 0 Å². The Balaban J connectivity index is 1.64. The number of ether oxygens (including phenoxy) is 1. The number of methoxy groups -OCH3 is 1. The number of hydrogen-bond acceptors (Lipinski definition) is 5. The molecule has 7 heteroatoms. The van der Waals surface area contributed by atoms with Crippen molar-refractivity contribution in [3.63, 3.8) is 0 Å². The van der Waals surface area contributed by atoms with Crippen molar-refractivity contribution < 1.29 is 9.53 Å². The summed E-state index contributed by atoms with van der Waals surface area (Å²) in [4.78, 5) is 25.5. The molecule has 1 aromatic heterocycles. The Morgan fingerprint density at radius 1 is 0.963 bits per heavy atom. The van der Waals surface area contributed by atoms with Crippen molar-refractivity contribution in [3.8, 4) is 5.88 Å². The highest BCUT2D eigenvalue weighted by molar-refractivity contribution is 5.89. The van der Waals surface area contributed by atoms with Crippen molar-refractivity contribution in [2.45, 2.75) is 27.7 Å². The second-order valence-electron chi connectivity index (χ2n) is 7.00. The number of piperazine rings is 1. The van der Waals surface area contributed by atoms with Crippen LogP contribution in [0.5, 0.6) is 5.88 Å². The topological polar surface area (TPSA) is 70.6 Å². The number of hydrogen-bond donors (Lipinski definition) is 1. The summed E-state index contributed by atoms with van der Waals surface area (Å²) in [6.07, 6.45) is 0. The molecule has 144 valence electrons. The van der Waals surface area contributed by atoms with E-state index in [0.29, 0.717) is 24.8 Å². The minimum atomic E-state index is -0.175. The van der Waals surface area contributed by atoms with Crippen LogP contribution in [0.25, 0.3) is 0 Å². The number of urea groups is 1. The van der Waals surface area contributed by atoms with Crippen molar-refractivity contribution in [2.75, 3.05) is 43.5 Å². The first-order valence-corrected chi connectivity index (χ1v) is 9.16. The first-order chi connectivity index (χ1) is 12.9. The number of amides is 2. The van der Waals surface area contributed by atoms with Gasteiger partial charge in [0.2, 0.25) is 0 Å². The molecule has 1 aliphatic heterocycles. The van der Waals surface area contributed by atoms with Crippen LogP contribution in [-0.4, -0.2) is 54.2 Å². The first kappa shape index (κ1) is 18.9. The van der Waals surface area contributed by atoms with Gasteiger partial charge >= 0.3 is 6.03 Å². The van der Waals surface area contributed by atoms with Crippen LogP contribution in [0.1, 0.15) is 22.5 Å². The Kier molecular flexibility index (Phi) is 5.48. The van der Waals surface area contributed by atoms with E-state index in [1.807, 2.05) is 13.8 Å². The second kappa shape index (κ2) is 7.82. The quantitative estimate of drug-likeness (QED) is 0.900. The molecule has 1 N–H and O–H groups in total. The van der Waals surface area contributed by atoms with Gasteiger partial charge in [0.25, 0.3) is 5.88 Å². The van der Waals surface area contributed by atoms with E-state index in [1.165, 1.54) is 23.9 Å². The Morgan fingerprint density at radius 2 is 1.56 bits per heavy atom. The van der Waals surface area contributed by atoms with Gasteiger partial charge in [0.05, 0.1) is 18.5 Å². The standard InChI is InChI=1S/C20H27N5O2/c1-13-10-14(2)12-17(11-13)24-6-8-25(9-7-24)20(26)23-18-19(27-5)22-16(4)15(3)21-18/h10-12H,6-9H2,1-5H3,(H,21,23,26). The number of carbonyl (C=O) groups is 1. The lowest BCUT2D eigenvalue weighted by molar-refractivity contribution is 0.208. The van der Waals surface area contributed by atoms with Gasteiger partial charge in [-0.25, -0.2) is 14.8 Å². The van der Waals surface area contributed by atoms with Crippen LogP contribution in [0, 0.1) is 27.7 Å². The van der Waals surface area contributed by atoms with Gasteiger partial charge in [-0.3, -0.25) is 5.32 Å². The van der Waals surface area contributed by atoms with E-state index in [2.05, 4.69) is 52.2 Å². The zero-order chi connectivity index (χ0) is 19.6. The fraction of sp³-hybridized carbons (Fsp3) is 0.450. The SMILES string of the molecule is COc1nc(C)c(C)nc1NC(=O)N1CCN(c2cc(C)cc(C)c2)CC1. The number of aromatic nitrogens is 2. The van der Waals surface area contributed by atoms with E-state index in [0.717, 1.165) is 24.5 Å². The van der Waals surface area contributed by atoms with Gasteiger partial charge in [-0.1, -0.05) is 6.07 Å². The molecule has 0 radical (unpaired) electrons. The molecule has 0 unspecified atom stereocenters. The highest BCUT2D eigenvalue weighted by Gasteiger charge is 2.23. The smallest absolute Gasteiger partial charge is 0.323 e. The van der Waals surface area contributed by atoms with Crippen LogP contribution in [0.4, 0.5) is 16.3 Å². The summed E-state index contributed by atoms with van der Waals surface area (Å²) in [6.45, 7) is 10.8. The third-order valence-corrected chi connectivity index (χ3v) is 4.83. The zero-order valence-electron chi connectivity index (χ0n) is 16.7. The number of nitrogens with zero attached hydrogens (tertiary/aromatic N) is 4. The number of benzene rings is 1. The van der Waals surface area contributed by atoms with Crippen molar-refractivity contribution in [1.82, 2.24) is 14.9 Å². The molecular formula is C20H27N5O2. The van der Waals surface area contributed by atoms with Gasteiger partial charge in [0, 0.05) is 31.9 Å². The van der Waals surface area contributed by atoms with E-state index in [1.54, 1.807) is 4.90 Å². The summed E-state index contributed by atoms with van der Waals surface area (Å²) in [5, 5.41) is 2.84. The Hall–Kier alpha value is -2.83.